The van der Waals surface area contributed by atoms with Crippen molar-refractivity contribution in [2.45, 2.75) is 37.0 Å². The molecule has 1 aromatic carbocycles. The minimum Gasteiger partial charge on any atom is -0.331 e. The maximum atomic E-state index is 11.6. The van der Waals surface area contributed by atoms with Crippen LogP contribution in [0.1, 0.15) is 31.5 Å². The van der Waals surface area contributed by atoms with Crippen LogP contribution in [-0.2, 0) is 23.3 Å². The molecule has 0 atom stereocenters. The Kier molecular flexibility index (Phi) is 5.00. The fourth-order valence-corrected chi connectivity index (χ4v) is 3.11. The number of hydrogen-bond donors (Lipinski definition) is 1. The van der Waals surface area contributed by atoms with Crippen LogP contribution in [0.2, 0.25) is 0 Å². The summed E-state index contributed by atoms with van der Waals surface area (Å²) in [5, 5.41) is 0. The zero-order valence-corrected chi connectivity index (χ0v) is 13.5. The summed E-state index contributed by atoms with van der Waals surface area (Å²) in [6, 6.07) is 5.13. The molecule has 0 saturated heterocycles. The first kappa shape index (κ1) is 16.0. The van der Waals surface area contributed by atoms with Gasteiger partial charge in [-0.2, -0.15) is 0 Å². The number of hydrogen-bond acceptors (Lipinski definition) is 4. The van der Waals surface area contributed by atoms with E-state index >= 15 is 0 Å². The number of aryl methyl sites for hydroxylation is 2. The Morgan fingerprint density at radius 3 is 2.57 bits per heavy atom. The van der Waals surface area contributed by atoms with Gasteiger partial charge in [0.1, 0.15) is 5.82 Å². The van der Waals surface area contributed by atoms with E-state index < -0.39 is 9.84 Å². The molecule has 1 aromatic heterocycles. The fraction of sp³-hybridized carbons (Fsp3) is 0.533. The molecule has 0 saturated carbocycles. The van der Waals surface area contributed by atoms with E-state index in [1.54, 1.807) is 12.1 Å². The lowest BCUT2D eigenvalue weighted by Gasteiger charge is -2.02. The Morgan fingerprint density at radius 2 is 1.90 bits per heavy atom. The maximum absolute atomic E-state index is 11.6. The van der Waals surface area contributed by atoms with Gasteiger partial charge in [0.25, 0.3) is 0 Å². The molecule has 0 unspecified atom stereocenters. The normalized spacial score (nSPS) is 12.1. The molecular formula is C15H23N3O2S. The Balaban J connectivity index is 2.17. The second kappa shape index (κ2) is 6.58. The summed E-state index contributed by atoms with van der Waals surface area (Å²) in [4.78, 5) is 4.90. The van der Waals surface area contributed by atoms with Crippen molar-refractivity contribution < 1.29 is 8.42 Å². The number of fused-ring (bicyclic) bond motifs is 1. The van der Waals surface area contributed by atoms with Crippen molar-refractivity contribution in [1.29, 1.82) is 0 Å². The first-order valence-electron chi connectivity index (χ1n) is 7.29. The molecule has 1 heterocycles. The summed E-state index contributed by atoms with van der Waals surface area (Å²) in [5.41, 5.74) is 7.20. The maximum Gasteiger partial charge on any atom is 0.175 e. The Hall–Kier alpha value is -1.40. The second-order valence-electron chi connectivity index (χ2n) is 5.46. The predicted octanol–water partition coefficient (Wildman–Crippen LogP) is 2.04. The van der Waals surface area contributed by atoms with Gasteiger partial charge in [0.05, 0.1) is 15.9 Å². The van der Waals surface area contributed by atoms with E-state index in [2.05, 4.69) is 4.98 Å². The Labute approximate surface area is 126 Å². The number of rotatable bonds is 7. The van der Waals surface area contributed by atoms with E-state index in [1.807, 2.05) is 17.7 Å². The largest absolute Gasteiger partial charge is 0.331 e. The van der Waals surface area contributed by atoms with Crippen molar-refractivity contribution in [1.82, 2.24) is 9.55 Å². The van der Waals surface area contributed by atoms with Gasteiger partial charge in [-0.15, -0.1) is 0 Å². The third-order valence-corrected chi connectivity index (χ3v) is 4.84. The summed E-state index contributed by atoms with van der Waals surface area (Å²) in [6.07, 6.45) is 6.57. The molecule has 0 bridgehead atoms. The first-order valence-corrected chi connectivity index (χ1v) is 9.18. The summed E-state index contributed by atoms with van der Waals surface area (Å²) < 4.78 is 25.2. The van der Waals surface area contributed by atoms with Crippen LogP contribution in [0.3, 0.4) is 0 Å². The van der Waals surface area contributed by atoms with E-state index in [4.69, 9.17) is 5.73 Å². The zero-order chi connectivity index (χ0) is 15.5. The Bertz CT molecular complexity index is 720. The molecule has 21 heavy (non-hydrogen) atoms. The molecule has 2 aromatic rings. The van der Waals surface area contributed by atoms with Gasteiger partial charge in [0, 0.05) is 19.7 Å². The Morgan fingerprint density at radius 1 is 1.19 bits per heavy atom. The van der Waals surface area contributed by atoms with Crippen LogP contribution < -0.4 is 5.73 Å². The molecule has 0 aliphatic carbocycles. The number of nitrogens with two attached hydrogens (primary N) is 1. The summed E-state index contributed by atoms with van der Waals surface area (Å²) in [5.74, 6) is 1.00. The highest BCUT2D eigenvalue weighted by atomic mass is 32.2. The van der Waals surface area contributed by atoms with E-state index in [-0.39, 0.29) is 0 Å². The highest BCUT2D eigenvalue weighted by molar-refractivity contribution is 7.90. The van der Waals surface area contributed by atoms with E-state index in [9.17, 15) is 8.42 Å². The molecule has 0 aliphatic heterocycles. The predicted molar refractivity (Wildman–Crippen MR) is 85.1 cm³/mol. The van der Waals surface area contributed by atoms with Gasteiger partial charge < -0.3 is 10.3 Å². The van der Waals surface area contributed by atoms with Gasteiger partial charge >= 0.3 is 0 Å². The molecule has 2 rings (SSSR count). The van der Waals surface area contributed by atoms with Gasteiger partial charge in [0.2, 0.25) is 0 Å². The smallest absolute Gasteiger partial charge is 0.175 e. The number of unbranched alkanes of at least 4 members (excludes halogenated alkanes) is 3. The quantitative estimate of drug-likeness (QED) is 0.794. The lowest BCUT2D eigenvalue weighted by molar-refractivity contribution is 0.602. The molecule has 0 fully saturated rings. The molecule has 2 N–H and O–H groups in total. The standard InChI is InChI=1S/C15H23N3O2S/c1-18-14-9-8-12(21(2,19)20)11-13(14)17-15(18)7-5-3-4-6-10-16/h8-9,11H,3-7,10,16H2,1-2H3. The highest BCUT2D eigenvalue weighted by Crippen LogP contribution is 2.20. The van der Waals surface area contributed by atoms with Crippen LogP contribution in [0.25, 0.3) is 11.0 Å². The molecule has 0 spiro atoms. The van der Waals surface area contributed by atoms with E-state index in [1.165, 1.54) is 6.26 Å². The first-order chi connectivity index (χ1) is 9.93. The van der Waals surface area contributed by atoms with Crippen molar-refractivity contribution >= 4 is 20.9 Å². The highest BCUT2D eigenvalue weighted by Gasteiger charge is 2.12. The molecule has 0 aliphatic rings. The number of imidazole rings is 1. The van der Waals surface area contributed by atoms with Crippen molar-refractivity contribution in [3.63, 3.8) is 0 Å². The van der Waals surface area contributed by atoms with Crippen LogP contribution in [-0.4, -0.2) is 30.8 Å². The molecule has 0 amide bonds. The molecule has 116 valence electrons. The number of nitrogens with zero attached hydrogens (tertiary/aromatic N) is 2. The van der Waals surface area contributed by atoms with Gasteiger partial charge in [-0.25, -0.2) is 13.4 Å². The number of aromatic nitrogens is 2. The van der Waals surface area contributed by atoms with Gasteiger partial charge in [-0.05, 0) is 37.6 Å². The minimum absolute atomic E-state index is 0.322. The van der Waals surface area contributed by atoms with E-state index in [0.717, 1.165) is 55.5 Å². The van der Waals surface area contributed by atoms with Crippen molar-refractivity contribution in [2.75, 3.05) is 12.8 Å². The van der Waals surface area contributed by atoms with Gasteiger partial charge in [-0.3, -0.25) is 0 Å². The molecule has 0 radical (unpaired) electrons. The summed E-state index contributed by atoms with van der Waals surface area (Å²) >= 11 is 0. The average molecular weight is 309 g/mol. The zero-order valence-electron chi connectivity index (χ0n) is 12.7. The topological polar surface area (TPSA) is 78.0 Å². The summed E-state index contributed by atoms with van der Waals surface area (Å²) in [6.45, 7) is 0.751. The third kappa shape index (κ3) is 3.83. The fourth-order valence-electron chi connectivity index (χ4n) is 2.46. The average Bonchev–Trinajstić information content (AvgIpc) is 2.74. The minimum atomic E-state index is -3.19. The van der Waals surface area contributed by atoms with Crippen LogP contribution in [0.15, 0.2) is 23.1 Å². The number of benzene rings is 1. The molecule has 5 nitrogen and oxygen atoms in total. The number of sulfone groups is 1. The summed E-state index contributed by atoms with van der Waals surface area (Å²) in [7, 11) is -1.21. The van der Waals surface area contributed by atoms with E-state index in [0.29, 0.717) is 4.90 Å². The van der Waals surface area contributed by atoms with Gasteiger partial charge in [0.15, 0.2) is 9.84 Å². The van der Waals surface area contributed by atoms with Crippen molar-refractivity contribution in [3.8, 4) is 0 Å². The van der Waals surface area contributed by atoms with Crippen molar-refractivity contribution in [2.24, 2.45) is 12.8 Å². The monoisotopic (exact) mass is 309 g/mol. The van der Waals surface area contributed by atoms with Crippen LogP contribution in [0.4, 0.5) is 0 Å². The van der Waals surface area contributed by atoms with Crippen molar-refractivity contribution in [3.05, 3.63) is 24.0 Å². The molecular weight excluding hydrogens is 286 g/mol. The van der Waals surface area contributed by atoms with Crippen LogP contribution in [0, 0.1) is 0 Å². The third-order valence-electron chi connectivity index (χ3n) is 3.73. The van der Waals surface area contributed by atoms with Crippen LogP contribution >= 0.6 is 0 Å². The second-order valence-corrected chi connectivity index (χ2v) is 7.48. The SMILES string of the molecule is Cn1c(CCCCCCN)nc2cc(S(C)(=O)=O)ccc21. The lowest BCUT2D eigenvalue weighted by atomic mass is 10.1. The van der Waals surface area contributed by atoms with Gasteiger partial charge in [-0.1, -0.05) is 12.8 Å². The lowest BCUT2D eigenvalue weighted by Crippen LogP contribution is -2.00. The van der Waals surface area contributed by atoms with Crippen LogP contribution in [0.5, 0.6) is 0 Å². The molecule has 6 heteroatoms.